The van der Waals surface area contributed by atoms with Crippen LogP contribution in [0.5, 0.6) is 5.75 Å². The number of halogens is 3. The monoisotopic (exact) mass is 505 g/mol. The number of thiophene rings is 1. The molecule has 5 nitrogen and oxygen atoms in total. The van der Waals surface area contributed by atoms with E-state index in [9.17, 15) is 22.8 Å². The van der Waals surface area contributed by atoms with Gasteiger partial charge in [0.05, 0.1) is 30.6 Å². The highest BCUT2D eigenvalue weighted by atomic mass is 32.1. The Bertz CT molecular complexity index is 1160. The highest BCUT2D eigenvalue weighted by Gasteiger charge is 2.30. The van der Waals surface area contributed by atoms with Crippen molar-refractivity contribution in [1.29, 1.82) is 0 Å². The molecule has 0 spiro atoms. The van der Waals surface area contributed by atoms with Crippen molar-refractivity contribution in [2.45, 2.75) is 32.9 Å². The molecule has 3 rings (SSSR count). The molecule has 9 heteroatoms. The third-order valence-electron chi connectivity index (χ3n) is 5.35. The predicted molar refractivity (Wildman–Crippen MR) is 129 cm³/mol. The van der Waals surface area contributed by atoms with E-state index in [1.807, 2.05) is 32.0 Å². The van der Waals surface area contributed by atoms with Crippen molar-refractivity contribution in [3.63, 3.8) is 0 Å². The van der Waals surface area contributed by atoms with E-state index in [-0.39, 0.29) is 24.8 Å². The molecular weight excluding hydrogens is 479 g/mol. The number of hydrogen-bond donors (Lipinski definition) is 1. The molecule has 1 amide bonds. The van der Waals surface area contributed by atoms with E-state index in [1.54, 1.807) is 6.07 Å². The van der Waals surface area contributed by atoms with E-state index in [2.05, 4.69) is 10.1 Å². The molecule has 0 saturated carbocycles. The Balaban J connectivity index is 1.57. The van der Waals surface area contributed by atoms with Crippen molar-refractivity contribution < 1.29 is 32.2 Å². The van der Waals surface area contributed by atoms with E-state index in [4.69, 9.17) is 4.74 Å². The summed E-state index contributed by atoms with van der Waals surface area (Å²) in [7, 11) is 1.30. The summed E-state index contributed by atoms with van der Waals surface area (Å²) in [5.41, 5.74) is 2.73. The van der Waals surface area contributed by atoms with E-state index in [1.165, 1.54) is 30.6 Å². The number of ether oxygens (including phenoxy) is 2. The number of benzene rings is 2. The molecule has 0 fully saturated rings. The average molecular weight is 506 g/mol. The topological polar surface area (TPSA) is 64.6 Å². The number of rotatable bonds is 9. The first-order chi connectivity index (χ1) is 16.6. The fourth-order valence-corrected chi connectivity index (χ4v) is 4.56. The van der Waals surface area contributed by atoms with Crippen molar-refractivity contribution >= 4 is 23.2 Å². The van der Waals surface area contributed by atoms with Crippen molar-refractivity contribution in [2.24, 2.45) is 0 Å². The first-order valence-electron chi connectivity index (χ1n) is 10.9. The number of methoxy groups -OCH3 is 1. The summed E-state index contributed by atoms with van der Waals surface area (Å²) in [5.74, 6) is 0.0522. The molecule has 1 heterocycles. The molecule has 35 heavy (non-hydrogen) atoms. The fraction of sp³-hybridized carbons (Fsp3) is 0.308. The summed E-state index contributed by atoms with van der Waals surface area (Å²) in [6.07, 6.45) is -3.64. The molecule has 0 saturated heterocycles. The van der Waals surface area contributed by atoms with Crippen LogP contribution < -0.4 is 10.1 Å². The van der Waals surface area contributed by atoms with Crippen molar-refractivity contribution in [3.8, 4) is 16.9 Å². The zero-order valence-electron chi connectivity index (χ0n) is 19.6. The number of esters is 1. The first kappa shape index (κ1) is 26.3. The number of amides is 1. The van der Waals surface area contributed by atoms with Gasteiger partial charge >= 0.3 is 12.1 Å². The normalized spacial score (nSPS) is 11.3. The van der Waals surface area contributed by atoms with Gasteiger partial charge in [-0.2, -0.15) is 13.2 Å². The maximum absolute atomic E-state index is 12.9. The van der Waals surface area contributed by atoms with Crippen molar-refractivity contribution in [1.82, 2.24) is 5.32 Å². The number of hydrogen-bond acceptors (Lipinski definition) is 5. The first-order valence-corrected chi connectivity index (χ1v) is 11.8. The number of alkyl halides is 3. The van der Waals surface area contributed by atoms with Gasteiger partial charge in [0.25, 0.3) is 5.91 Å². The molecule has 0 aliphatic rings. The Kier molecular flexibility index (Phi) is 8.56. The summed E-state index contributed by atoms with van der Waals surface area (Å²) in [4.78, 5) is 24.8. The Morgan fingerprint density at radius 1 is 1.00 bits per heavy atom. The van der Waals surface area contributed by atoms with Gasteiger partial charge in [-0.3, -0.25) is 9.59 Å². The summed E-state index contributed by atoms with van der Waals surface area (Å²) in [5, 5.41) is 2.68. The Labute approximate surface area is 205 Å². The lowest BCUT2D eigenvalue weighted by molar-refractivity contribution is -0.140. The molecule has 0 bridgehead atoms. The molecule has 186 valence electrons. The quantitative estimate of drug-likeness (QED) is 0.364. The highest BCUT2D eigenvalue weighted by molar-refractivity contribution is 7.14. The Morgan fingerprint density at radius 2 is 1.66 bits per heavy atom. The van der Waals surface area contributed by atoms with Gasteiger partial charge in [-0.05, 0) is 72.5 Å². The molecule has 1 N–H and O–H groups in total. The maximum atomic E-state index is 12.9. The van der Waals surface area contributed by atoms with Gasteiger partial charge in [-0.1, -0.05) is 12.1 Å². The van der Waals surface area contributed by atoms with Gasteiger partial charge in [0.15, 0.2) is 0 Å². The van der Waals surface area contributed by atoms with Crippen LogP contribution in [0.1, 0.15) is 37.7 Å². The standard InChI is InChI=1S/C26H26F3NO4S/c1-16-14-20(15-17(2)24(16)18-4-6-19(7-5-18)26(27,28)29)34-13-11-21-8-9-22(35-21)25(32)30-12-10-23(31)33-3/h4-9,14-15H,10-13H2,1-3H3,(H,30,32). The second kappa shape index (κ2) is 11.4. The molecule has 0 aliphatic heterocycles. The van der Waals surface area contributed by atoms with Crippen molar-refractivity contribution in [3.05, 3.63) is 75.0 Å². The van der Waals surface area contributed by atoms with Gasteiger partial charge in [0.2, 0.25) is 0 Å². The van der Waals surface area contributed by atoms with Gasteiger partial charge in [0, 0.05) is 17.8 Å². The fourth-order valence-electron chi connectivity index (χ4n) is 3.66. The summed E-state index contributed by atoms with van der Waals surface area (Å²) >= 11 is 1.36. The molecular formula is C26H26F3NO4S. The second-order valence-electron chi connectivity index (χ2n) is 7.95. The van der Waals surface area contributed by atoms with Crippen LogP contribution in [0.4, 0.5) is 13.2 Å². The van der Waals surface area contributed by atoms with Crippen LogP contribution in [0, 0.1) is 13.8 Å². The molecule has 1 aromatic heterocycles. The van der Waals surface area contributed by atoms with Gasteiger partial charge in [0.1, 0.15) is 5.75 Å². The SMILES string of the molecule is COC(=O)CCNC(=O)c1ccc(CCOc2cc(C)c(-c3ccc(C(F)(F)F)cc3)c(C)c2)s1. The van der Waals surface area contributed by atoms with Gasteiger partial charge in [-0.25, -0.2) is 0 Å². The minimum absolute atomic E-state index is 0.116. The predicted octanol–water partition coefficient (Wildman–Crippen LogP) is 5.97. The van der Waals surface area contributed by atoms with Gasteiger partial charge < -0.3 is 14.8 Å². The van der Waals surface area contributed by atoms with E-state index >= 15 is 0 Å². The largest absolute Gasteiger partial charge is 0.493 e. The third kappa shape index (κ3) is 7.08. The zero-order chi connectivity index (χ0) is 25.6. The zero-order valence-corrected chi connectivity index (χ0v) is 20.4. The number of carbonyl (C=O) groups excluding carboxylic acids is 2. The molecule has 3 aromatic rings. The van der Waals surface area contributed by atoms with E-state index in [0.29, 0.717) is 23.7 Å². The number of nitrogens with one attached hydrogen (secondary N) is 1. The maximum Gasteiger partial charge on any atom is 0.416 e. The summed E-state index contributed by atoms with van der Waals surface area (Å²) < 4.78 is 49.0. The van der Waals surface area contributed by atoms with Crippen LogP contribution >= 0.6 is 11.3 Å². The molecule has 0 atom stereocenters. The van der Waals surface area contributed by atoms with E-state index in [0.717, 1.165) is 39.3 Å². The van der Waals surface area contributed by atoms with Crippen LogP contribution in [0.2, 0.25) is 0 Å². The van der Waals surface area contributed by atoms with Crippen LogP contribution in [0.15, 0.2) is 48.5 Å². The van der Waals surface area contributed by atoms with Gasteiger partial charge in [-0.15, -0.1) is 11.3 Å². The minimum Gasteiger partial charge on any atom is -0.493 e. The number of aryl methyl sites for hydroxylation is 2. The van der Waals surface area contributed by atoms with Crippen molar-refractivity contribution in [2.75, 3.05) is 20.3 Å². The van der Waals surface area contributed by atoms with E-state index < -0.39 is 11.7 Å². The Hall–Kier alpha value is -3.33. The van der Waals surface area contributed by atoms with Crippen LogP contribution in [-0.4, -0.2) is 32.1 Å². The summed E-state index contributed by atoms with van der Waals surface area (Å²) in [6.45, 7) is 4.42. The van der Waals surface area contributed by atoms with Crippen LogP contribution in [-0.2, 0) is 22.1 Å². The molecule has 2 aromatic carbocycles. The molecule has 0 radical (unpaired) electrons. The lowest BCUT2D eigenvalue weighted by atomic mass is 9.94. The minimum atomic E-state index is -4.36. The van der Waals surface area contributed by atoms with Crippen LogP contribution in [0.3, 0.4) is 0 Å². The lowest BCUT2D eigenvalue weighted by Gasteiger charge is -2.15. The second-order valence-corrected chi connectivity index (χ2v) is 9.12. The lowest BCUT2D eigenvalue weighted by Crippen LogP contribution is -2.25. The number of carbonyl (C=O) groups is 2. The third-order valence-corrected chi connectivity index (χ3v) is 6.50. The molecule has 0 aliphatic carbocycles. The average Bonchev–Trinajstić information content (AvgIpc) is 3.27. The molecule has 0 unspecified atom stereocenters. The summed E-state index contributed by atoms with van der Waals surface area (Å²) in [6, 6.07) is 12.5. The van der Waals surface area contributed by atoms with Crippen LogP contribution in [0.25, 0.3) is 11.1 Å². The highest BCUT2D eigenvalue weighted by Crippen LogP contribution is 2.34. The smallest absolute Gasteiger partial charge is 0.416 e. The Morgan fingerprint density at radius 3 is 2.26 bits per heavy atom.